The third-order valence-electron chi connectivity index (χ3n) is 6.30. The van der Waals surface area contributed by atoms with Gasteiger partial charge in [0.05, 0.1) is 22.0 Å². The van der Waals surface area contributed by atoms with E-state index < -0.39 is 11.9 Å². The molecule has 0 saturated heterocycles. The molecule has 2 aromatic carbocycles. The van der Waals surface area contributed by atoms with E-state index in [0.29, 0.717) is 38.9 Å². The molecule has 5 rings (SSSR count). The first-order chi connectivity index (χ1) is 17.8. The van der Waals surface area contributed by atoms with Gasteiger partial charge in [-0.05, 0) is 54.8 Å². The summed E-state index contributed by atoms with van der Waals surface area (Å²) in [4.78, 5) is 24.5. The third kappa shape index (κ3) is 5.46. The molecule has 2 aliphatic rings. The van der Waals surface area contributed by atoms with Crippen molar-refractivity contribution < 1.29 is 19.4 Å². The Hall–Kier alpha value is -3.86. The zero-order chi connectivity index (χ0) is 26.1. The highest BCUT2D eigenvalue weighted by molar-refractivity contribution is 6.34. The fraction of sp³-hybridized carbons (Fsp3) is 0.200. The number of carboxylic acids is 1. The van der Waals surface area contributed by atoms with E-state index in [1.807, 2.05) is 0 Å². The number of nitrogens with one attached hydrogen (secondary N) is 3. The van der Waals surface area contributed by atoms with Gasteiger partial charge in [0, 0.05) is 22.2 Å². The molecule has 1 aliphatic heterocycles. The van der Waals surface area contributed by atoms with Gasteiger partial charge in [0.2, 0.25) is 11.6 Å². The number of benzene rings is 2. The molecule has 10 nitrogen and oxygen atoms in total. The van der Waals surface area contributed by atoms with E-state index in [1.54, 1.807) is 41.7 Å². The second-order valence-electron chi connectivity index (χ2n) is 8.89. The van der Waals surface area contributed by atoms with Gasteiger partial charge in [0.25, 0.3) is 0 Å². The number of rotatable bonds is 8. The lowest BCUT2D eigenvalue weighted by Crippen LogP contribution is -2.38. The predicted octanol–water partition coefficient (Wildman–Crippen LogP) is 4.29. The van der Waals surface area contributed by atoms with Crippen molar-refractivity contribution in [2.75, 3.05) is 10.3 Å². The van der Waals surface area contributed by atoms with Gasteiger partial charge < -0.3 is 15.6 Å². The van der Waals surface area contributed by atoms with Gasteiger partial charge in [-0.2, -0.15) is 9.83 Å². The SMILES string of the molecule is O=C(O)c1ccc(NC(=O)C(CC2CC2)c2ccc(-c3cc(Cl)ccc3N3C=NNN3)c[n+]2[O-])c(Cl)c1. The number of carbonyl (C=O) groups excluding carboxylic acids is 1. The number of hydrogen-bond donors (Lipinski definition) is 4. The summed E-state index contributed by atoms with van der Waals surface area (Å²) in [6, 6.07) is 12.8. The highest BCUT2D eigenvalue weighted by Crippen LogP contribution is 2.39. The maximum Gasteiger partial charge on any atom is 0.335 e. The van der Waals surface area contributed by atoms with Gasteiger partial charge in [-0.3, -0.25) is 4.79 Å². The van der Waals surface area contributed by atoms with Crippen LogP contribution in [0.3, 0.4) is 0 Å². The second kappa shape index (κ2) is 10.3. The number of carbonyl (C=O) groups is 2. The van der Waals surface area contributed by atoms with Crippen LogP contribution in [0.15, 0.2) is 59.8 Å². The van der Waals surface area contributed by atoms with Crippen molar-refractivity contribution >= 4 is 52.8 Å². The molecule has 1 atom stereocenters. The number of hydrogen-bond acceptors (Lipinski definition) is 7. The molecule has 4 N–H and O–H groups in total. The summed E-state index contributed by atoms with van der Waals surface area (Å²) in [7, 11) is 0. The van der Waals surface area contributed by atoms with Gasteiger partial charge in [-0.15, -0.1) is 5.53 Å². The van der Waals surface area contributed by atoms with Crippen LogP contribution in [0.25, 0.3) is 11.1 Å². The molecule has 0 spiro atoms. The van der Waals surface area contributed by atoms with Gasteiger partial charge in [-0.1, -0.05) is 36.0 Å². The van der Waals surface area contributed by atoms with E-state index in [4.69, 9.17) is 28.3 Å². The van der Waals surface area contributed by atoms with Crippen LogP contribution in [0.4, 0.5) is 11.4 Å². The first-order valence-electron chi connectivity index (χ1n) is 11.5. The van der Waals surface area contributed by atoms with E-state index >= 15 is 0 Å². The van der Waals surface area contributed by atoms with Crippen molar-refractivity contribution in [3.8, 4) is 11.1 Å². The maximum absolute atomic E-state index is 13.3. The van der Waals surface area contributed by atoms with E-state index in [0.717, 1.165) is 18.5 Å². The molecular formula is C25H22Cl2N6O4. The Kier molecular flexibility index (Phi) is 6.88. The van der Waals surface area contributed by atoms with Gasteiger partial charge in [0.1, 0.15) is 12.3 Å². The minimum Gasteiger partial charge on any atom is -0.618 e. The molecule has 0 radical (unpaired) electrons. The van der Waals surface area contributed by atoms with Crippen LogP contribution in [0, 0.1) is 11.1 Å². The van der Waals surface area contributed by atoms with Gasteiger partial charge in [0.15, 0.2) is 6.20 Å². The van der Waals surface area contributed by atoms with Crippen LogP contribution < -0.4 is 26.1 Å². The molecule has 37 heavy (non-hydrogen) atoms. The molecule has 1 aliphatic carbocycles. The Bertz CT molecular complexity index is 1410. The number of hydrazine groups is 2. The minimum absolute atomic E-state index is 0.0112. The molecular weight excluding hydrogens is 519 g/mol. The Morgan fingerprint density at radius 3 is 2.65 bits per heavy atom. The normalized spacial score (nSPS) is 15.4. The summed E-state index contributed by atoms with van der Waals surface area (Å²) >= 11 is 12.5. The first kappa shape index (κ1) is 24.8. The second-order valence-corrected chi connectivity index (χ2v) is 9.73. The van der Waals surface area contributed by atoms with E-state index in [9.17, 15) is 14.8 Å². The van der Waals surface area contributed by atoms with Crippen LogP contribution in [-0.4, -0.2) is 23.3 Å². The number of halogens is 2. The Balaban J connectivity index is 1.45. The number of carboxylic acid groups (broad SMARTS) is 1. The zero-order valence-electron chi connectivity index (χ0n) is 19.3. The first-order valence-corrected chi connectivity index (χ1v) is 12.3. The Morgan fingerprint density at radius 1 is 1.19 bits per heavy atom. The van der Waals surface area contributed by atoms with Crippen LogP contribution in [0.1, 0.15) is 41.2 Å². The van der Waals surface area contributed by atoms with E-state index in [2.05, 4.69) is 21.5 Å². The Morgan fingerprint density at radius 2 is 2.00 bits per heavy atom. The topological polar surface area (TPSA) is 133 Å². The number of hydrazone groups is 1. The van der Waals surface area contributed by atoms with E-state index in [1.165, 1.54) is 24.4 Å². The average Bonchev–Trinajstić information content (AvgIpc) is 3.53. The lowest BCUT2D eigenvalue weighted by Gasteiger charge is -2.20. The van der Waals surface area contributed by atoms with Crippen molar-refractivity contribution in [1.82, 2.24) is 11.1 Å². The summed E-state index contributed by atoms with van der Waals surface area (Å²) in [5, 5.41) is 31.3. The molecule has 0 bridgehead atoms. The smallest absolute Gasteiger partial charge is 0.335 e. The zero-order valence-corrected chi connectivity index (χ0v) is 20.8. The summed E-state index contributed by atoms with van der Waals surface area (Å²) in [5.74, 6) is -1.87. The number of aromatic nitrogens is 1. The molecule has 190 valence electrons. The number of amides is 1. The third-order valence-corrected chi connectivity index (χ3v) is 6.84. The fourth-order valence-corrected chi connectivity index (χ4v) is 4.61. The largest absolute Gasteiger partial charge is 0.618 e. The van der Waals surface area contributed by atoms with Crippen molar-refractivity contribution in [2.24, 2.45) is 11.0 Å². The summed E-state index contributed by atoms with van der Waals surface area (Å²) < 4.78 is 0.714. The van der Waals surface area contributed by atoms with E-state index in [-0.39, 0.29) is 22.2 Å². The van der Waals surface area contributed by atoms with Crippen LogP contribution in [0.5, 0.6) is 0 Å². The minimum atomic E-state index is -1.12. The lowest BCUT2D eigenvalue weighted by atomic mass is 9.95. The van der Waals surface area contributed by atoms with Crippen molar-refractivity contribution in [3.63, 3.8) is 0 Å². The summed E-state index contributed by atoms with van der Waals surface area (Å²) in [5.41, 5.74) is 8.11. The molecule has 1 aromatic heterocycles. The molecule has 1 saturated carbocycles. The average molecular weight is 541 g/mol. The number of nitrogens with zero attached hydrogens (tertiary/aromatic N) is 3. The molecule has 1 fully saturated rings. The van der Waals surface area contributed by atoms with Gasteiger partial charge in [-0.25, -0.2) is 15.3 Å². The fourth-order valence-electron chi connectivity index (χ4n) is 4.21. The van der Waals surface area contributed by atoms with Crippen LogP contribution >= 0.6 is 23.2 Å². The molecule has 3 aromatic rings. The van der Waals surface area contributed by atoms with Crippen LogP contribution in [0.2, 0.25) is 10.0 Å². The summed E-state index contributed by atoms with van der Waals surface area (Å²) in [6.07, 6.45) is 5.49. The summed E-state index contributed by atoms with van der Waals surface area (Å²) in [6.45, 7) is 0. The monoisotopic (exact) mass is 540 g/mol. The van der Waals surface area contributed by atoms with Crippen LogP contribution in [-0.2, 0) is 4.79 Å². The highest BCUT2D eigenvalue weighted by Gasteiger charge is 2.35. The number of aromatic carboxylic acids is 1. The maximum atomic E-state index is 13.3. The molecule has 1 unspecified atom stereocenters. The molecule has 1 amide bonds. The van der Waals surface area contributed by atoms with Crippen molar-refractivity contribution in [2.45, 2.75) is 25.2 Å². The standard InChI is InChI=1S/C25H22Cl2N6O4/c26-17-5-8-22(32-13-28-30-31-32)18(11-17)16-4-7-23(33(37)12-16)19(9-14-1-2-14)24(34)29-21-6-3-15(25(35)36)10-20(21)27/h3-8,10-14,19,30-31H,1-2,9H2,(H,29,34)(H,35,36). The molecule has 12 heteroatoms. The lowest BCUT2D eigenvalue weighted by molar-refractivity contribution is -0.614. The highest BCUT2D eigenvalue weighted by atomic mass is 35.5. The predicted molar refractivity (Wildman–Crippen MR) is 140 cm³/mol. The number of anilines is 2. The number of pyridine rings is 1. The Labute approximate surface area is 222 Å². The van der Waals surface area contributed by atoms with Gasteiger partial charge >= 0.3 is 5.97 Å². The quantitative estimate of drug-likeness (QED) is 0.247. The molecule has 2 heterocycles. The van der Waals surface area contributed by atoms with Crippen molar-refractivity contribution in [3.05, 3.63) is 81.2 Å². The van der Waals surface area contributed by atoms with Crippen molar-refractivity contribution in [1.29, 1.82) is 0 Å².